The van der Waals surface area contributed by atoms with Crippen molar-refractivity contribution in [2.45, 2.75) is 20.4 Å². The molecule has 1 amide bonds. The van der Waals surface area contributed by atoms with Gasteiger partial charge in [-0.3, -0.25) is 9.78 Å². The molecule has 6 heteroatoms. The quantitative estimate of drug-likeness (QED) is 0.359. The smallest absolute Gasteiger partial charge is 0.244 e. The molecule has 4 aromatic rings. The molecule has 0 radical (unpaired) electrons. The van der Waals surface area contributed by atoms with Crippen molar-refractivity contribution >= 4 is 22.4 Å². The van der Waals surface area contributed by atoms with Gasteiger partial charge in [0, 0.05) is 47.6 Å². The van der Waals surface area contributed by atoms with Crippen LogP contribution in [0.5, 0.6) is 11.5 Å². The molecule has 6 nitrogen and oxygen atoms in total. The second-order valence-electron chi connectivity index (χ2n) is 7.56. The van der Waals surface area contributed by atoms with Crippen molar-refractivity contribution in [3.8, 4) is 22.6 Å². The van der Waals surface area contributed by atoms with Gasteiger partial charge in [0.25, 0.3) is 0 Å². The van der Waals surface area contributed by atoms with Gasteiger partial charge in [-0.15, -0.1) is 0 Å². The molecule has 2 aromatic carbocycles. The standard InChI is InChI=1S/C27H26N2O4/c1-4-32-21-9-7-20(8-10-21)24-17-33-26-14-25(31-3)22(13-23(24)26)18(2)12-27(30)29-16-19-6-5-11-28-15-19/h5-15,17H,4,16H2,1-3H3,(H,29,30)/b18-12+. The minimum atomic E-state index is -0.183. The molecule has 0 bridgehead atoms. The molecule has 0 fully saturated rings. The SMILES string of the molecule is CCOc1ccc(-c2coc3cc(OC)c(/C(C)=C/C(=O)NCc4cccnc4)cc23)cc1. The van der Waals surface area contributed by atoms with E-state index in [1.54, 1.807) is 31.8 Å². The van der Waals surface area contributed by atoms with Crippen molar-refractivity contribution < 1.29 is 18.7 Å². The summed E-state index contributed by atoms with van der Waals surface area (Å²) in [5.41, 5.74) is 5.25. The number of amides is 1. The number of carbonyl (C=O) groups is 1. The van der Waals surface area contributed by atoms with E-state index < -0.39 is 0 Å². The highest BCUT2D eigenvalue weighted by Crippen LogP contribution is 2.37. The van der Waals surface area contributed by atoms with Crippen LogP contribution in [0.15, 0.2) is 77.7 Å². The summed E-state index contributed by atoms with van der Waals surface area (Å²) in [6.45, 7) is 4.89. The van der Waals surface area contributed by atoms with Crippen molar-refractivity contribution in [3.05, 3.63) is 84.4 Å². The Hall–Kier alpha value is -4.06. The van der Waals surface area contributed by atoms with Crippen molar-refractivity contribution in [2.24, 2.45) is 0 Å². The van der Waals surface area contributed by atoms with Gasteiger partial charge >= 0.3 is 0 Å². The average Bonchev–Trinajstić information content (AvgIpc) is 3.26. The fourth-order valence-corrected chi connectivity index (χ4v) is 3.67. The number of hydrogen-bond donors (Lipinski definition) is 1. The lowest BCUT2D eigenvalue weighted by Gasteiger charge is -2.10. The lowest BCUT2D eigenvalue weighted by molar-refractivity contribution is -0.116. The van der Waals surface area contributed by atoms with Crippen LogP contribution < -0.4 is 14.8 Å². The lowest BCUT2D eigenvalue weighted by atomic mass is 9.99. The zero-order valence-corrected chi connectivity index (χ0v) is 18.9. The van der Waals surface area contributed by atoms with Crippen LogP contribution in [0.25, 0.3) is 27.7 Å². The van der Waals surface area contributed by atoms with Gasteiger partial charge in [0.05, 0.1) is 20.0 Å². The van der Waals surface area contributed by atoms with E-state index in [9.17, 15) is 4.79 Å². The maximum atomic E-state index is 12.5. The van der Waals surface area contributed by atoms with Gasteiger partial charge in [-0.25, -0.2) is 0 Å². The summed E-state index contributed by atoms with van der Waals surface area (Å²) in [5, 5.41) is 3.84. The van der Waals surface area contributed by atoms with Gasteiger partial charge in [-0.05, 0) is 54.8 Å². The maximum absolute atomic E-state index is 12.5. The summed E-state index contributed by atoms with van der Waals surface area (Å²) >= 11 is 0. The minimum Gasteiger partial charge on any atom is -0.496 e. The Morgan fingerprint density at radius 2 is 2.00 bits per heavy atom. The van der Waals surface area contributed by atoms with Crippen LogP contribution in [0.4, 0.5) is 0 Å². The maximum Gasteiger partial charge on any atom is 0.244 e. The van der Waals surface area contributed by atoms with Crippen molar-refractivity contribution in [3.63, 3.8) is 0 Å². The molecule has 0 aliphatic rings. The first-order chi connectivity index (χ1) is 16.1. The number of benzene rings is 2. The number of pyridine rings is 1. The normalized spacial score (nSPS) is 11.4. The summed E-state index contributed by atoms with van der Waals surface area (Å²) in [6.07, 6.45) is 6.75. The molecule has 0 aliphatic heterocycles. The molecule has 0 saturated heterocycles. The van der Waals surface area contributed by atoms with E-state index in [0.717, 1.165) is 39.0 Å². The Morgan fingerprint density at radius 1 is 1.18 bits per heavy atom. The van der Waals surface area contributed by atoms with E-state index in [2.05, 4.69) is 10.3 Å². The number of furan rings is 1. The number of aromatic nitrogens is 1. The molecule has 0 spiro atoms. The van der Waals surface area contributed by atoms with Gasteiger partial charge in [0.1, 0.15) is 17.1 Å². The molecule has 2 aromatic heterocycles. The molecule has 2 heterocycles. The monoisotopic (exact) mass is 442 g/mol. The molecule has 4 rings (SSSR count). The predicted octanol–water partition coefficient (Wildman–Crippen LogP) is 5.62. The Kier molecular flexibility index (Phi) is 6.74. The van der Waals surface area contributed by atoms with E-state index in [4.69, 9.17) is 13.9 Å². The summed E-state index contributed by atoms with van der Waals surface area (Å²) in [4.78, 5) is 16.6. The number of carbonyl (C=O) groups excluding carboxylic acids is 1. The number of methoxy groups -OCH3 is 1. The summed E-state index contributed by atoms with van der Waals surface area (Å²) in [5.74, 6) is 1.29. The molecular weight excluding hydrogens is 416 g/mol. The van der Waals surface area contributed by atoms with E-state index >= 15 is 0 Å². The number of allylic oxidation sites excluding steroid dienone is 1. The van der Waals surface area contributed by atoms with Gasteiger partial charge in [0.2, 0.25) is 5.91 Å². The Balaban J connectivity index is 1.62. The molecule has 33 heavy (non-hydrogen) atoms. The number of fused-ring (bicyclic) bond motifs is 1. The van der Waals surface area contributed by atoms with E-state index in [0.29, 0.717) is 24.5 Å². The highest BCUT2D eigenvalue weighted by Gasteiger charge is 2.15. The van der Waals surface area contributed by atoms with Crippen LogP contribution in [0, 0.1) is 0 Å². The van der Waals surface area contributed by atoms with Crippen LogP contribution in [0.2, 0.25) is 0 Å². The van der Waals surface area contributed by atoms with Crippen LogP contribution in [-0.2, 0) is 11.3 Å². The van der Waals surface area contributed by atoms with Crippen molar-refractivity contribution in [1.29, 1.82) is 0 Å². The second-order valence-corrected chi connectivity index (χ2v) is 7.56. The Bertz CT molecular complexity index is 1270. The molecule has 0 saturated carbocycles. The fraction of sp³-hybridized carbons (Fsp3) is 0.185. The third-order valence-electron chi connectivity index (χ3n) is 5.33. The summed E-state index contributed by atoms with van der Waals surface area (Å²) < 4.78 is 16.9. The zero-order valence-electron chi connectivity index (χ0n) is 18.9. The zero-order chi connectivity index (χ0) is 23.2. The fourth-order valence-electron chi connectivity index (χ4n) is 3.67. The van der Waals surface area contributed by atoms with Gasteiger partial charge in [-0.2, -0.15) is 0 Å². The minimum absolute atomic E-state index is 0.183. The van der Waals surface area contributed by atoms with Crippen LogP contribution in [0.1, 0.15) is 25.0 Å². The van der Waals surface area contributed by atoms with Crippen LogP contribution in [0.3, 0.4) is 0 Å². The number of rotatable bonds is 8. The molecular formula is C27H26N2O4. The first-order valence-electron chi connectivity index (χ1n) is 10.8. The first-order valence-corrected chi connectivity index (χ1v) is 10.8. The van der Waals surface area contributed by atoms with E-state index in [1.165, 1.54) is 0 Å². The average molecular weight is 443 g/mol. The Labute approximate surface area is 192 Å². The van der Waals surface area contributed by atoms with Crippen molar-refractivity contribution in [1.82, 2.24) is 10.3 Å². The number of hydrogen-bond acceptors (Lipinski definition) is 5. The molecule has 0 aliphatic carbocycles. The molecule has 0 atom stereocenters. The molecule has 0 unspecified atom stereocenters. The highest BCUT2D eigenvalue weighted by molar-refractivity contribution is 6.00. The van der Waals surface area contributed by atoms with Gasteiger partial charge in [0.15, 0.2) is 0 Å². The summed E-state index contributed by atoms with van der Waals surface area (Å²) in [6, 6.07) is 15.5. The highest BCUT2D eigenvalue weighted by atomic mass is 16.5. The van der Waals surface area contributed by atoms with Crippen molar-refractivity contribution in [2.75, 3.05) is 13.7 Å². The number of ether oxygens (including phenoxy) is 2. The number of nitrogens with zero attached hydrogens (tertiary/aromatic N) is 1. The Morgan fingerprint density at radius 3 is 2.70 bits per heavy atom. The third kappa shape index (κ3) is 5.06. The predicted molar refractivity (Wildman–Crippen MR) is 129 cm³/mol. The van der Waals surface area contributed by atoms with Gasteiger partial charge < -0.3 is 19.2 Å². The number of nitrogens with one attached hydrogen (secondary N) is 1. The lowest BCUT2D eigenvalue weighted by Crippen LogP contribution is -2.20. The van der Waals surface area contributed by atoms with Crippen LogP contribution >= 0.6 is 0 Å². The topological polar surface area (TPSA) is 73.6 Å². The molecule has 1 N–H and O–H groups in total. The second kappa shape index (κ2) is 10.0. The molecule has 168 valence electrons. The third-order valence-corrected chi connectivity index (χ3v) is 5.33. The van der Waals surface area contributed by atoms with E-state index in [-0.39, 0.29) is 5.91 Å². The largest absolute Gasteiger partial charge is 0.496 e. The summed E-state index contributed by atoms with van der Waals surface area (Å²) in [7, 11) is 1.61. The van der Waals surface area contributed by atoms with E-state index in [1.807, 2.05) is 62.4 Å². The van der Waals surface area contributed by atoms with Crippen LogP contribution in [-0.4, -0.2) is 24.6 Å². The van der Waals surface area contributed by atoms with Gasteiger partial charge in [-0.1, -0.05) is 18.2 Å². The first kappa shape index (κ1) is 22.1.